The molecule has 1 atom stereocenters. The van der Waals surface area contributed by atoms with Gasteiger partial charge in [0.25, 0.3) is 5.91 Å². The van der Waals surface area contributed by atoms with Crippen LogP contribution in [0.1, 0.15) is 83.3 Å². The number of aromatic nitrogens is 3. The fourth-order valence-electron chi connectivity index (χ4n) is 3.27. The molecule has 0 radical (unpaired) electrons. The van der Waals surface area contributed by atoms with Gasteiger partial charge in [0, 0.05) is 29.0 Å². The first-order valence-electron chi connectivity index (χ1n) is 12.7. The summed E-state index contributed by atoms with van der Waals surface area (Å²) in [6.45, 7) is 14.8. The van der Waals surface area contributed by atoms with E-state index >= 15 is 0 Å². The summed E-state index contributed by atoms with van der Waals surface area (Å²) >= 11 is 1.32. The third-order valence-electron chi connectivity index (χ3n) is 5.79. The lowest BCUT2D eigenvalue weighted by molar-refractivity contribution is -0.115. The third kappa shape index (κ3) is 9.57. The van der Waals surface area contributed by atoms with Gasteiger partial charge in [0.15, 0.2) is 5.13 Å². The summed E-state index contributed by atoms with van der Waals surface area (Å²) in [5, 5.41) is 7.64. The molecule has 2 N–H and O–H groups in total. The molecule has 3 aromatic rings. The fourth-order valence-corrected chi connectivity index (χ4v) is 3.99. The molecule has 36 heavy (non-hydrogen) atoms. The number of carbonyl (C=O) groups excluding carboxylic acids is 2. The number of anilines is 1. The fraction of sp³-hybridized carbons (Fsp3) is 0.500. The molecule has 2 amide bonds. The number of amides is 2. The molecule has 0 aliphatic rings. The number of nitrogens with zero attached hydrogens (tertiary/aromatic N) is 3. The van der Waals surface area contributed by atoms with Crippen LogP contribution in [-0.2, 0) is 10.3 Å². The number of hydrogen-bond donors (Lipinski definition) is 2. The van der Waals surface area contributed by atoms with E-state index < -0.39 is 0 Å². The molecule has 8 heteroatoms. The largest absolute Gasteiger partial charge is 0.348 e. The van der Waals surface area contributed by atoms with E-state index in [0.717, 1.165) is 17.3 Å². The number of aryl methyl sites for hydroxylation is 1. The van der Waals surface area contributed by atoms with Crippen molar-refractivity contribution in [1.29, 1.82) is 0 Å². The van der Waals surface area contributed by atoms with Gasteiger partial charge in [0.2, 0.25) is 5.91 Å². The van der Waals surface area contributed by atoms with Gasteiger partial charge in [0.05, 0.1) is 17.8 Å². The van der Waals surface area contributed by atoms with Crippen LogP contribution in [0.5, 0.6) is 0 Å². The maximum absolute atomic E-state index is 12.2. The summed E-state index contributed by atoms with van der Waals surface area (Å²) < 4.78 is 1.96. The Kier molecular flexibility index (Phi) is 11.3. The van der Waals surface area contributed by atoms with Crippen molar-refractivity contribution >= 4 is 28.3 Å². The summed E-state index contributed by atoms with van der Waals surface area (Å²) in [5.41, 5.74) is 2.78. The molecular weight excluding hydrogens is 470 g/mol. The number of unbranched alkanes of at least 4 members (excludes halogenated alkanes) is 1. The van der Waals surface area contributed by atoms with Gasteiger partial charge >= 0.3 is 0 Å². The zero-order chi connectivity index (χ0) is 26.7. The van der Waals surface area contributed by atoms with Crippen LogP contribution in [-0.4, -0.2) is 32.9 Å². The average molecular weight is 512 g/mol. The second-order valence-electron chi connectivity index (χ2n) is 10.1. The molecule has 0 fully saturated rings. The number of rotatable bonds is 9. The highest BCUT2D eigenvalue weighted by Crippen LogP contribution is 2.23. The molecule has 0 bridgehead atoms. The van der Waals surface area contributed by atoms with Crippen molar-refractivity contribution in [2.24, 2.45) is 5.92 Å². The lowest BCUT2D eigenvalue weighted by atomic mass is 10.0. The molecule has 0 saturated heterocycles. The van der Waals surface area contributed by atoms with Crippen molar-refractivity contribution in [3.05, 3.63) is 53.3 Å². The quantitative estimate of drug-likeness (QED) is 0.336. The number of pyridine rings is 1. The number of nitrogens with one attached hydrogen (secondary N) is 2. The third-order valence-corrected chi connectivity index (χ3v) is 6.55. The Morgan fingerprint density at radius 1 is 1.11 bits per heavy atom. The molecule has 3 rings (SSSR count). The van der Waals surface area contributed by atoms with Crippen molar-refractivity contribution in [1.82, 2.24) is 19.9 Å². The Morgan fingerprint density at radius 2 is 1.86 bits per heavy atom. The normalized spacial score (nSPS) is 11.9. The molecule has 0 aliphatic carbocycles. The lowest BCUT2D eigenvalue weighted by Gasteiger charge is -2.20. The van der Waals surface area contributed by atoms with Crippen LogP contribution in [0.25, 0.3) is 11.4 Å². The van der Waals surface area contributed by atoms with Crippen molar-refractivity contribution in [3.8, 4) is 11.4 Å². The van der Waals surface area contributed by atoms with Gasteiger partial charge in [-0.05, 0) is 51.8 Å². The van der Waals surface area contributed by atoms with E-state index in [4.69, 9.17) is 0 Å². The first-order chi connectivity index (χ1) is 17.0. The molecule has 7 nitrogen and oxygen atoms in total. The molecule has 3 heterocycles. The molecule has 3 aromatic heterocycles. The summed E-state index contributed by atoms with van der Waals surface area (Å²) in [4.78, 5) is 33.2. The van der Waals surface area contributed by atoms with Crippen LogP contribution >= 0.6 is 11.3 Å². The molecule has 0 spiro atoms. The van der Waals surface area contributed by atoms with Crippen LogP contribution in [0.15, 0.2) is 42.0 Å². The first-order valence-corrected chi connectivity index (χ1v) is 13.6. The molecule has 196 valence electrons. The van der Waals surface area contributed by atoms with Crippen molar-refractivity contribution in [2.75, 3.05) is 11.9 Å². The predicted octanol–water partition coefficient (Wildman–Crippen LogP) is 6.66. The summed E-state index contributed by atoms with van der Waals surface area (Å²) in [7, 11) is 0. The standard InChI is InChI=1S/C20H23N5O2S.C8H18/c1-13-6-5-7-15(22-13)16-12-28-19(23-16)24-17(26)10-21-18(27)14-8-9-25(11-14)20(2,3)4;1-4-6-7-8(3)5-2/h5-9,11-12H,10H2,1-4H3,(H,21,27)(H,23,24,26);8H,4-7H2,1-3H3. The predicted molar refractivity (Wildman–Crippen MR) is 149 cm³/mol. The second-order valence-corrected chi connectivity index (χ2v) is 10.9. The van der Waals surface area contributed by atoms with Gasteiger partial charge in [-0.3, -0.25) is 14.6 Å². The molecular formula is C28H41N5O2S. The van der Waals surface area contributed by atoms with Crippen LogP contribution in [0.2, 0.25) is 0 Å². The van der Waals surface area contributed by atoms with Gasteiger partial charge in [-0.1, -0.05) is 52.5 Å². The highest BCUT2D eigenvalue weighted by atomic mass is 32.1. The molecule has 0 saturated carbocycles. The van der Waals surface area contributed by atoms with E-state index in [-0.39, 0.29) is 23.9 Å². The van der Waals surface area contributed by atoms with Crippen LogP contribution < -0.4 is 10.6 Å². The lowest BCUT2D eigenvalue weighted by Crippen LogP contribution is -2.32. The Labute approximate surface area is 219 Å². The Balaban J connectivity index is 0.000000493. The van der Waals surface area contributed by atoms with Crippen molar-refractivity contribution in [2.45, 2.75) is 79.7 Å². The SMILES string of the molecule is CCCCC(C)CC.Cc1cccc(-c2csc(NC(=O)CNC(=O)c3ccn(C(C)(C)C)c3)n2)n1. The van der Waals surface area contributed by atoms with Crippen LogP contribution in [0.3, 0.4) is 0 Å². The summed E-state index contributed by atoms with van der Waals surface area (Å²) in [6.07, 6.45) is 9.16. The number of carbonyl (C=O) groups is 2. The van der Waals surface area contributed by atoms with E-state index in [1.165, 1.54) is 37.0 Å². The Morgan fingerprint density at radius 3 is 2.47 bits per heavy atom. The smallest absolute Gasteiger partial charge is 0.253 e. The monoisotopic (exact) mass is 511 g/mol. The van der Waals surface area contributed by atoms with E-state index in [1.54, 1.807) is 12.3 Å². The zero-order valence-electron chi connectivity index (χ0n) is 22.7. The number of thiazole rings is 1. The van der Waals surface area contributed by atoms with E-state index in [1.807, 2.05) is 41.3 Å². The second kappa shape index (κ2) is 13.9. The van der Waals surface area contributed by atoms with Gasteiger partial charge < -0.3 is 15.2 Å². The summed E-state index contributed by atoms with van der Waals surface area (Å²) in [5.74, 6) is 0.332. The first kappa shape index (κ1) is 29.2. The van der Waals surface area contributed by atoms with Crippen LogP contribution in [0, 0.1) is 12.8 Å². The van der Waals surface area contributed by atoms with Crippen LogP contribution in [0.4, 0.5) is 5.13 Å². The Hall–Kier alpha value is -3.00. The molecule has 0 aromatic carbocycles. The summed E-state index contributed by atoms with van der Waals surface area (Å²) in [6, 6.07) is 7.44. The minimum Gasteiger partial charge on any atom is -0.348 e. The van der Waals surface area contributed by atoms with Gasteiger partial charge in [-0.15, -0.1) is 11.3 Å². The Bertz CT molecular complexity index is 1110. The van der Waals surface area contributed by atoms with Gasteiger partial charge in [0.1, 0.15) is 5.69 Å². The van der Waals surface area contributed by atoms with E-state index in [9.17, 15) is 9.59 Å². The highest BCUT2D eigenvalue weighted by Gasteiger charge is 2.16. The van der Waals surface area contributed by atoms with E-state index in [2.05, 4.69) is 62.1 Å². The highest BCUT2D eigenvalue weighted by molar-refractivity contribution is 7.14. The minimum atomic E-state index is -0.332. The molecule has 0 aliphatic heterocycles. The van der Waals surface area contributed by atoms with Gasteiger partial charge in [-0.25, -0.2) is 4.98 Å². The minimum absolute atomic E-state index is 0.107. The van der Waals surface area contributed by atoms with Crippen molar-refractivity contribution in [3.63, 3.8) is 0 Å². The number of hydrogen-bond acceptors (Lipinski definition) is 5. The maximum atomic E-state index is 12.2. The van der Waals surface area contributed by atoms with E-state index in [0.29, 0.717) is 16.4 Å². The van der Waals surface area contributed by atoms with Crippen molar-refractivity contribution < 1.29 is 9.59 Å². The van der Waals surface area contributed by atoms with Gasteiger partial charge in [-0.2, -0.15) is 0 Å². The molecule has 1 unspecified atom stereocenters. The average Bonchev–Trinajstić information content (AvgIpc) is 3.51. The maximum Gasteiger partial charge on any atom is 0.253 e. The topological polar surface area (TPSA) is 88.9 Å². The zero-order valence-corrected chi connectivity index (χ0v) is 23.5.